The molecule has 12 atom stereocenters. The van der Waals surface area contributed by atoms with Gasteiger partial charge in [-0.1, -0.05) is 20.8 Å². The van der Waals surface area contributed by atoms with Crippen LogP contribution in [0.15, 0.2) is 0 Å². The molecule has 2 aliphatic carbocycles. The van der Waals surface area contributed by atoms with Crippen LogP contribution in [0.2, 0.25) is 0 Å². The van der Waals surface area contributed by atoms with Gasteiger partial charge in [0.05, 0.1) is 17.4 Å². The summed E-state index contributed by atoms with van der Waals surface area (Å²) in [7, 11) is 0. The van der Waals surface area contributed by atoms with Crippen LogP contribution >= 0.6 is 0 Å². The predicted molar refractivity (Wildman–Crippen MR) is 121 cm³/mol. The number of esters is 3. The second-order valence-electron chi connectivity index (χ2n) is 13.5. The maximum Gasteiger partial charge on any atom is 0.407 e. The topological polar surface area (TPSA) is 187 Å². The molecule has 1 amide bonds. The van der Waals surface area contributed by atoms with Crippen molar-refractivity contribution in [1.29, 1.82) is 0 Å². The van der Waals surface area contributed by atoms with Gasteiger partial charge in [0.25, 0.3) is 0 Å². The van der Waals surface area contributed by atoms with Gasteiger partial charge < -0.3 is 44.3 Å². The number of nitrogens with one attached hydrogen (secondary N) is 1. The fraction of sp³-hybridized carbons (Fsp3) is 0.840. The Hall–Kier alpha value is -2.48. The lowest BCUT2D eigenvalue weighted by Gasteiger charge is -2.47. The van der Waals surface area contributed by atoms with Crippen molar-refractivity contribution in [1.82, 2.24) is 5.32 Å². The SMILES string of the molecule is C[C@@H]1C(=O)OC2[C@H](OC(=O)NC(C)(C)C)C34[C@@H]5OC(=O)[C@@]3(O[C@@H]3OC(=O)[C@H](O)C34[C@H](C(C)(C)C)[C@H]5O)[C@]21O. The van der Waals surface area contributed by atoms with Crippen LogP contribution in [-0.4, -0.2) is 92.9 Å². The molecule has 6 rings (SSSR count). The maximum atomic E-state index is 13.9. The maximum absolute atomic E-state index is 13.9. The molecule has 4 saturated heterocycles. The van der Waals surface area contributed by atoms with Gasteiger partial charge in [0, 0.05) is 11.5 Å². The summed E-state index contributed by atoms with van der Waals surface area (Å²) in [5.74, 6) is -5.46. The minimum Gasteiger partial charge on any atom is -0.456 e. The van der Waals surface area contributed by atoms with E-state index in [4.69, 9.17) is 23.7 Å². The van der Waals surface area contributed by atoms with Crippen LogP contribution in [0.4, 0.5) is 4.79 Å². The molecule has 0 aromatic heterocycles. The molecule has 3 unspecified atom stereocenters. The van der Waals surface area contributed by atoms with Crippen LogP contribution in [0.1, 0.15) is 48.5 Å². The molecule has 2 saturated carbocycles. The van der Waals surface area contributed by atoms with Crippen LogP contribution in [0, 0.1) is 28.1 Å². The highest BCUT2D eigenvalue weighted by molar-refractivity contribution is 5.94. The van der Waals surface area contributed by atoms with Crippen molar-refractivity contribution in [2.75, 3.05) is 0 Å². The molecule has 0 bridgehead atoms. The van der Waals surface area contributed by atoms with Crippen LogP contribution < -0.4 is 5.32 Å². The fourth-order valence-electron chi connectivity index (χ4n) is 8.83. The average molecular weight is 540 g/mol. The van der Waals surface area contributed by atoms with Gasteiger partial charge in [-0.05, 0) is 33.1 Å². The third kappa shape index (κ3) is 2.29. The number of alkyl carbamates (subject to hydrolysis) is 1. The third-order valence-electron chi connectivity index (χ3n) is 9.63. The van der Waals surface area contributed by atoms with E-state index in [0.717, 1.165) is 0 Å². The minimum atomic E-state index is -2.49. The van der Waals surface area contributed by atoms with E-state index >= 15 is 0 Å². The van der Waals surface area contributed by atoms with Gasteiger partial charge in [-0.2, -0.15) is 0 Å². The molecule has 0 aromatic rings. The molecular weight excluding hydrogens is 506 g/mol. The number of amides is 1. The first-order valence-corrected chi connectivity index (χ1v) is 12.7. The lowest BCUT2D eigenvalue weighted by atomic mass is 9.51. The summed E-state index contributed by atoms with van der Waals surface area (Å²) in [5, 5.41) is 38.3. The highest BCUT2D eigenvalue weighted by Gasteiger charge is 3.06. The number of hydrogen-bond donors (Lipinski definition) is 4. The molecule has 38 heavy (non-hydrogen) atoms. The van der Waals surface area contributed by atoms with E-state index in [-0.39, 0.29) is 0 Å². The normalized spacial score (nSPS) is 52.1. The third-order valence-corrected chi connectivity index (χ3v) is 9.63. The van der Waals surface area contributed by atoms with E-state index in [9.17, 15) is 34.5 Å². The Balaban J connectivity index is 1.68. The number of fused-ring (bicyclic) bond motifs is 1. The van der Waals surface area contributed by atoms with E-state index < -0.39 is 106 Å². The van der Waals surface area contributed by atoms with Gasteiger partial charge in [0.1, 0.15) is 11.5 Å². The molecule has 210 valence electrons. The monoisotopic (exact) mass is 539 g/mol. The summed E-state index contributed by atoms with van der Waals surface area (Å²) in [6, 6.07) is 0. The molecular formula is C25H33NO12. The Morgan fingerprint density at radius 3 is 2.18 bits per heavy atom. The second-order valence-corrected chi connectivity index (χ2v) is 13.5. The number of aliphatic hydroxyl groups excluding tert-OH is 2. The molecule has 13 nitrogen and oxygen atoms in total. The Morgan fingerprint density at radius 1 is 0.974 bits per heavy atom. The smallest absolute Gasteiger partial charge is 0.407 e. The molecule has 4 heterocycles. The lowest BCUT2D eigenvalue weighted by Crippen LogP contribution is -2.67. The quantitative estimate of drug-likeness (QED) is 0.239. The van der Waals surface area contributed by atoms with Crippen LogP contribution in [-0.2, 0) is 38.1 Å². The minimum absolute atomic E-state index is 0.770. The van der Waals surface area contributed by atoms with E-state index in [2.05, 4.69) is 5.32 Å². The Bertz CT molecular complexity index is 1170. The van der Waals surface area contributed by atoms with E-state index in [0.29, 0.717) is 0 Å². The van der Waals surface area contributed by atoms with Gasteiger partial charge in [0.2, 0.25) is 11.9 Å². The summed E-state index contributed by atoms with van der Waals surface area (Å²) in [5.41, 5.74) is -10.6. The molecule has 0 radical (unpaired) electrons. The molecule has 4 aliphatic heterocycles. The lowest BCUT2D eigenvalue weighted by molar-refractivity contribution is -0.240. The standard InChI is InChI=1S/C25H33NO12/c1-8-15(29)34-14-13(36-19(32)26-21(5,6)7)23-12-9(27)10(20(2,3)4)22(23)11(28)16(30)37-18(22)38-25(23,17(31)35-12)24(8,14)33/h8-14,18,27-28,33H,1-7H3,(H,26,32)/t8-,9-,10+,11+,12-,13+,14?,18+,22?,23?,24-,25+/m1/s1. The van der Waals surface area contributed by atoms with Crippen molar-refractivity contribution in [3.05, 3.63) is 0 Å². The molecule has 13 heteroatoms. The van der Waals surface area contributed by atoms with E-state index in [1.54, 1.807) is 41.5 Å². The number of aliphatic hydroxyl groups is 3. The molecule has 0 aromatic carbocycles. The average Bonchev–Trinajstić information content (AvgIpc) is 3.45. The van der Waals surface area contributed by atoms with Crippen molar-refractivity contribution < 1.29 is 58.2 Å². The van der Waals surface area contributed by atoms with Crippen molar-refractivity contribution in [2.45, 2.75) is 102 Å². The summed E-state index contributed by atoms with van der Waals surface area (Å²) < 4.78 is 28.9. The van der Waals surface area contributed by atoms with E-state index in [1.807, 2.05) is 0 Å². The Labute approximate surface area is 218 Å². The van der Waals surface area contributed by atoms with Crippen molar-refractivity contribution >= 4 is 24.0 Å². The van der Waals surface area contributed by atoms with Gasteiger partial charge >= 0.3 is 24.0 Å². The summed E-state index contributed by atoms with van der Waals surface area (Å²) in [6.07, 6.45) is -10.9. The zero-order chi connectivity index (χ0) is 28.2. The van der Waals surface area contributed by atoms with Crippen molar-refractivity contribution in [3.8, 4) is 0 Å². The molecule has 2 spiro atoms. The zero-order valence-electron chi connectivity index (χ0n) is 22.1. The highest BCUT2D eigenvalue weighted by Crippen LogP contribution is 2.84. The fourth-order valence-corrected chi connectivity index (χ4v) is 8.83. The second kappa shape index (κ2) is 6.80. The van der Waals surface area contributed by atoms with Gasteiger partial charge in [-0.3, -0.25) is 4.79 Å². The first-order valence-electron chi connectivity index (χ1n) is 12.7. The Kier molecular flexibility index (Phi) is 4.61. The van der Waals surface area contributed by atoms with Crippen LogP contribution in [0.3, 0.4) is 0 Å². The first-order chi connectivity index (χ1) is 17.3. The Morgan fingerprint density at radius 2 is 1.61 bits per heavy atom. The molecule has 6 aliphatic rings. The van der Waals surface area contributed by atoms with Crippen LogP contribution in [0.5, 0.6) is 0 Å². The van der Waals surface area contributed by atoms with Gasteiger partial charge in [-0.15, -0.1) is 0 Å². The van der Waals surface area contributed by atoms with E-state index in [1.165, 1.54) is 6.92 Å². The highest BCUT2D eigenvalue weighted by atomic mass is 16.8. The number of carbonyl (C=O) groups is 4. The number of hydrogen-bond acceptors (Lipinski definition) is 12. The molecule has 4 N–H and O–H groups in total. The number of carbonyl (C=O) groups excluding carboxylic acids is 4. The van der Waals surface area contributed by atoms with Crippen molar-refractivity contribution in [2.24, 2.45) is 28.1 Å². The van der Waals surface area contributed by atoms with Crippen LogP contribution in [0.25, 0.3) is 0 Å². The van der Waals surface area contributed by atoms with Gasteiger partial charge in [0.15, 0.2) is 23.9 Å². The first kappa shape index (κ1) is 25.8. The summed E-state index contributed by atoms with van der Waals surface area (Å²) >= 11 is 0. The largest absolute Gasteiger partial charge is 0.456 e. The molecule has 6 fully saturated rings. The number of ether oxygens (including phenoxy) is 5. The predicted octanol–water partition coefficient (Wildman–Crippen LogP) is -0.866. The zero-order valence-corrected chi connectivity index (χ0v) is 22.1. The number of rotatable bonds is 1. The summed E-state index contributed by atoms with van der Waals surface area (Å²) in [6.45, 7) is 11.7. The van der Waals surface area contributed by atoms with Gasteiger partial charge in [-0.25, -0.2) is 14.4 Å². The van der Waals surface area contributed by atoms with Crippen molar-refractivity contribution in [3.63, 3.8) is 0 Å². The summed E-state index contributed by atoms with van der Waals surface area (Å²) in [4.78, 5) is 52.8.